The first-order chi connectivity index (χ1) is 19.9. The van der Waals surface area contributed by atoms with Crippen molar-refractivity contribution in [2.75, 3.05) is 32.7 Å². The molecular weight excluding hydrogens is 521 g/mol. The molecule has 2 amide bonds. The zero-order valence-corrected chi connectivity index (χ0v) is 23.8. The van der Waals surface area contributed by atoms with Crippen LogP contribution in [0, 0.1) is 37.4 Å². The van der Waals surface area contributed by atoms with Crippen LogP contribution in [0.3, 0.4) is 0 Å². The molecule has 1 aliphatic carbocycles. The highest BCUT2D eigenvalue weighted by Crippen LogP contribution is 2.34. The molecule has 2 aliphatic heterocycles. The van der Waals surface area contributed by atoms with E-state index in [4.69, 9.17) is 0 Å². The molecule has 9 nitrogen and oxygen atoms in total. The molecule has 0 spiro atoms. The summed E-state index contributed by atoms with van der Waals surface area (Å²) in [5.74, 6) is 0.746. The van der Waals surface area contributed by atoms with E-state index >= 15 is 0 Å². The summed E-state index contributed by atoms with van der Waals surface area (Å²) >= 11 is 0. The van der Waals surface area contributed by atoms with Crippen LogP contribution in [0.1, 0.15) is 65.5 Å². The lowest BCUT2D eigenvalue weighted by molar-refractivity contribution is -0.125. The number of carbonyl (C=O) groups excluding carboxylic acids is 2. The Labute approximate surface area is 240 Å². The van der Waals surface area contributed by atoms with Gasteiger partial charge in [0.2, 0.25) is 5.91 Å². The number of aryl methyl sites for hydroxylation is 1. The van der Waals surface area contributed by atoms with Crippen molar-refractivity contribution in [1.29, 1.82) is 0 Å². The number of aromatic nitrogens is 4. The van der Waals surface area contributed by atoms with Crippen molar-refractivity contribution in [3.63, 3.8) is 0 Å². The van der Waals surface area contributed by atoms with E-state index in [1.807, 2.05) is 24.8 Å². The molecule has 10 heteroatoms. The number of hydrogen-bond donors (Lipinski definition) is 1. The molecule has 3 atom stereocenters. The summed E-state index contributed by atoms with van der Waals surface area (Å²) in [6.07, 6.45) is 9.65. The van der Waals surface area contributed by atoms with Crippen molar-refractivity contribution in [3.05, 3.63) is 71.3 Å². The molecule has 216 valence electrons. The highest BCUT2D eigenvalue weighted by atomic mass is 19.1. The fourth-order valence-corrected chi connectivity index (χ4v) is 7.04. The van der Waals surface area contributed by atoms with E-state index in [0.717, 1.165) is 81.8 Å². The number of hydrogen-bond acceptors (Lipinski definition) is 6. The molecule has 3 aliphatic rings. The first kappa shape index (κ1) is 27.5. The van der Waals surface area contributed by atoms with Crippen LogP contribution in [-0.4, -0.2) is 74.1 Å². The Morgan fingerprint density at radius 2 is 1.76 bits per heavy atom. The Hall–Kier alpha value is -3.66. The molecule has 1 N–H and O–H groups in total. The van der Waals surface area contributed by atoms with E-state index in [-0.39, 0.29) is 29.6 Å². The highest BCUT2D eigenvalue weighted by molar-refractivity contribution is 5.96. The van der Waals surface area contributed by atoms with E-state index in [2.05, 4.69) is 25.3 Å². The molecule has 1 aromatic carbocycles. The molecule has 3 fully saturated rings. The monoisotopic (exact) mass is 559 g/mol. The van der Waals surface area contributed by atoms with E-state index < -0.39 is 0 Å². The van der Waals surface area contributed by atoms with Gasteiger partial charge in [-0.1, -0.05) is 25.0 Å². The number of fused-ring (bicyclic) bond motifs is 1. The molecular formula is C31H38FN7O2. The average molecular weight is 560 g/mol. The SMILES string of the molecule is Cc1nn(-c2cncnc2)c(C)c1C(=O)N1CC2CN(CCC(NC(=O)C3CCCC3)c3cccc(F)c3)C[C@H]2C1. The van der Waals surface area contributed by atoms with Crippen molar-refractivity contribution >= 4 is 11.8 Å². The molecule has 6 rings (SSSR count). The largest absolute Gasteiger partial charge is 0.349 e. The third-order valence-electron chi connectivity index (χ3n) is 9.17. The molecule has 2 aromatic heterocycles. The van der Waals surface area contributed by atoms with Gasteiger partial charge < -0.3 is 15.1 Å². The van der Waals surface area contributed by atoms with Crippen LogP contribution >= 0.6 is 0 Å². The van der Waals surface area contributed by atoms with Gasteiger partial charge in [0.15, 0.2) is 0 Å². The number of nitrogens with one attached hydrogen (secondary N) is 1. The summed E-state index contributed by atoms with van der Waals surface area (Å²) in [6.45, 7) is 7.89. The van der Waals surface area contributed by atoms with Gasteiger partial charge in [-0.2, -0.15) is 5.10 Å². The maximum absolute atomic E-state index is 14.1. The Bertz CT molecular complexity index is 1390. The number of halogens is 1. The van der Waals surface area contributed by atoms with Gasteiger partial charge in [0.05, 0.1) is 35.4 Å². The second-order valence-electron chi connectivity index (χ2n) is 11.9. The van der Waals surface area contributed by atoms with Gasteiger partial charge in [-0.15, -0.1) is 0 Å². The maximum Gasteiger partial charge on any atom is 0.257 e. The Morgan fingerprint density at radius 1 is 1.05 bits per heavy atom. The Balaban J connectivity index is 1.07. The van der Waals surface area contributed by atoms with Gasteiger partial charge in [0, 0.05) is 38.6 Å². The normalized spacial score (nSPS) is 21.8. The third kappa shape index (κ3) is 5.75. The first-order valence-corrected chi connectivity index (χ1v) is 14.8. The van der Waals surface area contributed by atoms with Gasteiger partial charge in [-0.25, -0.2) is 19.0 Å². The molecule has 41 heavy (non-hydrogen) atoms. The Morgan fingerprint density at radius 3 is 2.44 bits per heavy atom. The van der Waals surface area contributed by atoms with Crippen LogP contribution in [0.15, 0.2) is 43.0 Å². The van der Waals surface area contributed by atoms with Crippen molar-refractivity contribution in [1.82, 2.24) is 34.9 Å². The lowest BCUT2D eigenvalue weighted by atomic mass is 10.0. The molecule has 1 saturated carbocycles. The number of likely N-dealkylation sites (tertiary alicyclic amines) is 2. The summed E-state index contributed by atoms with van der Waals surface area (Å²) in [5.41, 5.74) is 3.71. The summed E-state index contributed by atoms with van der Waals surface area (Å²) < 4.78 is 15.8. The molecule has 3 aromatic rings. The van der Waals surface area contributed by atoms with Crippen LogP contribution in [-0.2, 0) is 4.79 Å². The van der Waals surface area contributed by atoms with Crippen LogP contribution < -0.4 is 5.32 Å². The molecule has 2 saturated heterocycles. The lowest BCUT2D eigenvalue weighted by Crippen LogP contribution is -2.37. The lowest BCUT2D eigenvalue weighted by Gasteiger charge is -2.26. The number of rotatable bonds is 8. The van der Waals surface area contributed by atoms with Crippen LogP contribution in [0.5, 0.6) is 0 Å². The van der Waals surface area contributed by atoms with Crippen molar-refractivity contribution in [2.45, 2.75) is 52.0 Å². The van der Waals surface area contributed by atoms with Crippen LogP contribution in [0.25, 0.3) is 5.69 Å². The summed E-state index contributed by atoms with van der Waals surface area (Å²) in [5, 5.41) is 7.84. The zero-order chi connectivity index (χ0) is 28.5. The summed E-state index contributed by atoms with van der Waals surface area (Å²) in [6, 6.07) is 6.39. The Kier molecular flexibility index (Phi) is 7.84. The smallest absolute Gasteiger partial charge is 0.257 e. The van der Waals surface area contributed by atoms with Crippen LogP contribution in [0.2, 0.25) is 0 Å². The summed E-state index contributed by atoms with van der Waals surface area (Å²) in [4.78, 5) is 39.1. The van der Waals surface area contributed by atoms with Crippen molar-refractivity contribution in [3.8, 4) is 5.69 Å². The average Bonchev–Trinajstić information content (AvgIpc) is 3.75. The predicted octanol–water partition coefficient (Wildman–Crippen LogP) is 3.86. The van der Waals surface area contributed by atoms with E-state index in [0.29, 0.717) is 23.1 Å². The molecule has 2 unspecified atom stereocenters. The second-order valence-corrected chi connectivity index (χ2v) is 11.9. The number of carbonyl (C=O) groups is 2. The van der Waals surface area contributed by atoms with Gasteiger partial charge in [0.1, 0.15) is 17.8 Å². The third-order valence-corrected chi connectivity index (χ3v) is 9.17. The highest BCUT2D eigenvalue weighted by Gasteiger charge is 2.42. The van der Waals surface area contributed by atoms with E-state index in [9.17, 15) is 14.0 Å². The minimum Gasteiger partial charge on any atom is -0.349 e. The molecule has 0 radical (unpaired) electrons. The standard InChI is InChI=1S/C31H38FN7O2/c1-20-29(21(2)39(36-20)27-13-33-19-34-14-27)31(41)38-17-24-15-37(16-25(24)18-38)11-10-28(23-8-5-9-26(32)12-23)35-30(40)22-6-3-4-7-22/h5,8-9,12-14,19,22,24-25,28H,3-4,6-7,10-11,15-18H2,1-2H3,(H,35,40)/t24-,25?,28?/m0/s1. The van der Waals surface area contributed by atoms with Gasteiger partial charge in [-0.05, 0) is 62.6 Å². The van der Waals surface area contributed by atoms with Crippen molar-refractivity contribution < 1.29 is 14.0 Å². The van der Waals surface area contributed by atoms with Crippen LogP contribution in [0.4, 0.5) is 4.39 Å². The molecule has 4 heterocycles. The number of amides is 2. The topological polar surface area (TPSA) is 96.2 Å². The van der Waals surface area contributed by atoms with E-state index in [1.54, 1.807) is 29.2 Å². The van der Waals surface area contributed by atoms with Crippen molar-refractivity contribution in [2.24, 2.45) is 17.8 Å². The van der Waals surface area contributed by atoms with Gasteiger partial charge in [0.25, 0.3) is 5.91 Å². The maximum atomic E-state index is 14.1. The van der Waals surface area contributed by atoms with E-state index in [1.165, 1.54) is 12.4 Å². The fraction of sp³-hybridized carbons (Fsp3) is 0.516. The zero-order valence-electron chi connectivity index (χ0n) is 23.8. The number of nitrogens with zero attached hydrogens (tertiary/aromatic N) is 6. The second kappa shape index (κ2) is 11.7. The fourth-order valence-electron chi connectivity index (χ4n) is 7.04. The minimum atomic E-state index is -0.281. The summed E-state index contributed by atoms with van der Waals surface area (Å²) in [7, 11) is 0. The van der Waals surface area contributed by atoms with Gasteiger partial charge >= 0.3 is 0 Å². The quantitative estimate of drug-likeness (QED) is 0.450. The first-order valence-electron chi connectivity index (χ1n) is 14.8. The molecule has 0 bridgehead atoms. The minimum absolute atomic E-state index is 0.0323. The van der Waals surface area contributed by atoms with Gasteiger partial charge in [-0.3, -0.25) is 9.59 Å². The predicted molar refractivity (Wildman–Crippen MR) is 152 cm³/mol. The number of benzene rings is 1.